The molecule has 1 fully saturated rings. The number of benzene rings is 1. The van der Waals surface area contributed by atoms with E-state index in [0.29, 0.717) is 17.6 Å². The molecule has 1 aromatic carbocycles. The molecule has 0 bridgehead atoms. The Balaban J connectivity index is 1.27. The van der Waals surface area contributed by atoms with Crippen LogP contribution in [-0.2, 0) is 13.1 Å². The number of nitrogens with zero attached hydrogens (tertiary/aromatic N) is 5. The van der Waals surface area contributed by atoms with Crippen LogP contribution >= 0.6 is 0 Å². The summed E-state index contributed by atoms with van der Waals surface area (Å²) in [6.07, 6.45) is 4.01. The first-order chi connectivity index (χ1) is 16.4. The van der Waals surface area contributed by atoms with Crippen molar-refractivity contribution in [2.45, 2.75) is 39.8 Å². The van der Waals surface area contributed by atoms with E-state index in [1.54, 1.807) is 24.4 Å². The van der Waals surface area contributed by atoms with E-state index in [2.05, 4.69) is 45.3 Å². The van der Waals surface area contributed by atoms with Crippen molar-refractivity contribution >= 4 is 22.5 Å². The van der Waals surface area contributed by atoms with E-state index in [1.807, 2.05) is 18.2 Å². The number of carbonyl (C=O) groups excluding carboxylic acids is 1. The maximum atomic E-state index is 12.6. The first kappa shape index (κ1) is 22.2. The molecule has 5 rings (SSSR count). The third kappa shape index (κ3) is 4.82. The second-order valence-electron chi connectivity index (χ2n) is 9.76. The highest BCUT2D eigenvalue weighted by Crippen LogP contribution is 2.30. The molecule has 0 aliphatic carbocycles. The first-order valence-corrected chi connectivity index (χ1v) is 11.6. The van der Waals surface area contributed by atoms with Crippen LogP contribution in [-0.4, -0.2) is 43.5 Å². The average molecular weight is 457 g/mol. The Bertz CT molecular complexity index is 1420. The Kier molecular flexibility index (Phi) is 5.83. The lowest BCUT2D eigenvalue weighted by atomic mass is 9.83. The van der Waals surface area contributed by atoms with Gasteiger partial charge in [0.2, 0.25) is 0 Å². The lowest BCUT2D eigenvalue weighted by molar-refractivity contribution is 0.0946. The molecule has 0 atom stereocenters. The predicted molar refractivity (Wildman–Crippen MR) is 130 cm³/mol. The summed E-state index contributed by atoms with van der Waals surface area (Å²) < 4.78 is 1.41. The van der Waals surface area contributed by atoms with Gasteiger partial charge in [-0.05, 0) is 67.2 Å². The van der Waals surface area contributed by atoms with Crippen molar-refractivity contribution in [2.75, 3.05) is 13.1 Å². The highest BCUT2D eigenvalue weighted by atomic mass is 16.2. The molecule has 1 saturated heterocycles. The maximum absolute atomic E-state index is 12.6. The first-order valence-electron chi connectivity index (χ1n) is 11.6. The molecule has 8 heteroatoms. The van der Waals surface area contributed by atoms with Gasteiger partial charge in [0.15, 0.2) is 0 Å². The molecule has 1 amide bonds. The quantitative estimate of drug-likeness (QED) is 0.496. The number of nitrogens with one attached hydrogen (secondary N) is 1. The van der Waals surface area contributed by atoms with Crippen LogP contribution in [0.15, 0.2) is 59.5 Å². The van der Waals surface area contributed by atoms with Crippen molar-refractivity contribution in [3.8, 4) is 0 Å². The molecule has 0 unspecified atom stereocenters. The van der Waals surface area contributed by atoms with Crippen LogP contribution in [0, 0.1) is 5.41 Å². The monoisotopic (exact) mass is 456 g/mol. The van der Waals surface area contributed by atoms with E-state index in [1.165, 1.54) is 23.3 Å². The van der Waals surface area contributed by atoms with Crippen molar-refractivity contribution in [2.24, 2.45) is 5.41 Å². The van der Waals surface area contributed by atoms with Crippen molar-refractivity contribution in [1.82, 2.24) is 29.8 Å². The Morgan fingerprint density at radius 3 is 2.71 bits per heavy atom. The maximum Gasteiger partial charge on any atom is 0.270 e. The second-order valence-corrected chi connectivity index (χ2v) is 9.76. The normalized spacial score (nSPS) is 16.1. The summed E-state index contributed by atoms with van der Waals surface area (Å²) in [5.41, 5.74) is 3.39. The molecule has 1 aliphatic rings. The lowest BCUT2D eigenvalue weighted by Crippen LogP contribution is -2.37. The number of pyridine rings is 1. The Morgan fingerprint density at radius 1 is 1.06 bits per heavy atom. The predicted octanol–water partition coefficient (Wildman–Crippen LogP) is 3.19. The number of carbonyl (C=O) groups is 1. The second kappa shape index (κ2) is 8.95. The zero-order valence-electron chi connectivity index (χ0n) is 19.5. The largest absolute Gasteiger partial charge is 0.347 e. The highest BCUT2D eigenvalue weighted by molar-refractivity contribution is 5.92. The third-order valence-corrected chi connectivity index (χ3v) is 6.55. The fourth-order valence-corrected chi connectivity index (χ4v) is 4.31. The van der Waals surface area contributed by atoms with Gasteiger partial charge in [0.1, 0.15) is 11.3 Å². The fourth-order valence-electron chi connectivity index (χ4n) is 4.31. The zero-order chi connectivity index (χ0) is 23.7. The van der Waals surface area contributed by atoms with Gasteiger partial charge >= 0.3 is 0 Å². The van der Waals surface area contributed by atoms with Crippen molar-refractivity contribution in [3.05, 3.63) is 82.0 Å². The van der Waals surface area contributed by atoms with Crippen LogP contribution in [0.5, 0.6) is 0 Å². The summed E-state index contributed by atoms with van der Waals surface area (Å²) in [6.45, 7) is 7.92. The summed E-state index contributed by atoms with van der Waals surface area (Å²) in [5.74, 6) is -0.384. The summed E-state index contributed by atoms with van der Waals surface area (Å²) in [7, 11) is 0. The molecule has 4 heterocycles. The van der Waals surface area contributed by atoms with E-state index in [-0.39, 0.29) is 17.2 Å². The van der Waals surface area contributed by atoms with Crippen LogP contribution in [0.25, 0.3) is 16.6 Å². The zero-order valence-corrected chi connectivity index (χ0v) is 19.5. The van der Waals surface area contributed by atoms with Crippen molar-refractivity contribution in [1.29, 1.82) is 0 Å². The lowest BCUT2D eigenvalue weighted by Gasteiger charge is -2.36. The van der Waals surface area contributed by atoms with E-state index >= 15 is 0 Å². The van der Waals surface area contributed by atoms with Crippen molar-refractivity contribution < 1.29 is 4.79 Å². The molecule has 8 nitrogen and oxygen atoms in total. The van der Waals surface area contributed by atoms with Gasteiger partial charge in [-0.15, -0.1) is 0 Å². The molecule has 174 valence electrons. The number of aromatic nitrogens is 4. The van der Waals surface area contributed by atoms with Gasteiger partial charge in [0.25, 0.3) is 11.5 Å². The average Bonchev–Trinajstić information content (AvgIpc) is 2.83. The topological polar surface area (TPSA) is 92.5 Å². The number of piperidine rings is 1. The minimum Gasteiger partial charge on any atom is -0.347 e. The number of hydrogen-bond donors (Lipinski definition) is 1. The Hall–Kier alpha value is -3.65. The standard InChI is InChI=1S/C26H28N6O2/c1-26(2)8-11-31(12-9-26)17-20-14-19-13-18(6-7-21(19)30-29-20)16-27-25(34)22-15-24(33)32-10-4-3-5-23(32)28-22/h3-7,10,13-15H,8-9,11-12,16-17H2,1-2H3,(H,27,34). The molecule has 0 spiro atoms. The van der Waals surface area contributed by atoms with Gasteiger partial charge < -0.3 is 5.32 Å². The van der Waals surface area contributed by atoms with E-state index in [4.69, 9.17) is 0 Å². The number of fused-ring (bicyclic) bond motifs is 2. The highest BCUT2D eigenvalue weighted by Gasteiger charge is 2.25. The van der Waals surface area contributed by atoms with Gasteiger partial charge in [0.05, 0.1) is 11.2 Å². The van der Waals surface area contributed by atoms with Gasteiger partial charge in [0, 0.05) is 30.7 Å². The number of likely N-dealkylation sites (tertiary alicyclic amines) is 1. The number of rotatable bonds is 5. The molecule has 3 aromatic heterocycles. The molecule has 1 aliphatic heterocycles. The fraction of sp³-hybridized carbons (Fsp3) is 0.346. The number of amides is 1. The minimum absolute atomic E-state index is 0.106. The molecule has 0 radical (unpaired) electrons. The van der Waals surface area contributed by atoms with Gasteiger partial charge in [-0.25, -0.2) is 4.98 Å². The van der Waals surface area contributed by atoms with E-state index < -0.39 is 0 Å². The Morgan fingerprint density at radius 2 is 1.88 bits per heavy atom. The van der Waals surface area contributed by atoms with Crippen LogP contribution < -0.4 is 10.9 Å². The number of hydrogen-bond acceptors (Lipinski definition) is 6. The summed E-state index contributed by atoms with van der Waals surface area (Å²) in [4.78, 5) is 31.6. The van der Waals surface area contributed by atoms with Crippen LogP contribution in [0.2, 0.25) is 0 Å². The van der Waals surface area contributed by atoms with Crippen LogP contribution in [0.3, 0.4) is 0 Å². The van der Waals surface area contributed by atoms with E-state index in [0.717, 1.165) is 41.8 Å². The summed E-state index contributed by atoms with van der Waals surface area (Å²) in [6, 6.07) is 14.4. The van der Waals surface area contributed by atoms with Crippen LogP contribution in [0.4, 0.5) is 0 Å². The SMILES string of the molecule is CC1(C)CCN(Cc2cc3cc(CNC(=O)c4cc(=O)n5ccccc5n4)ccc3nn2)CC1. The van der Waals surface area contributed by atoms with Gasteiger partial charge in [-0.1, -0.05) is 26.0 Å². The molecule has 4 aromatic rings. The van der Waals surface area contributed by atoms with E-state index in [9.17, 15) is 9.59 Å². The molecule has 0 saturated carbocycles. The van der Waals surface area contributed by atoms with Crippen LogP contribution in [0.1, 0.15) is 48.4 Å². The molecular weight excluding hydrogens is 428 g/mol. The van der Waals surface area contributed by atoms with Gasteiger partial charge in [-0.3, -0.25) is 18.9 Å². The van der Waals surface area contributed by atoms with Crippen molar-refractivity contribution in [3.63, 3.8) is 0 Å². The molecule has 34 heavy (non-hydrogen) atoms. The molecular formula is C26H28N6O2. The smallest absolute Gasteiger partial charge is 0.270 e. The summed E-state index contributed by atoms with van der Waals surface area (Å²) >= 11 is 0. The minimum atomic E-state index is -0.384. The Labute approximate surface area is 197 Å². The third-order valence-electron chi connectivity index (χ3n) is 6.55. The summed E-state index contributed by atoms with van der Waals surface area (Å²) in [5, 5.41) is 12.7. The molecule has 1 N–H and O–H groups in total. The van der Waals surface area contributed by atoms with Gasteiger partial charge in [-0.2, -0.15) is 10.2 Å².